The number of non-ortho nitro benzene ring substituents is 1. The summed E-state index contributed by atoms with van der Waals surface area (Å²) in [5.74, 6) is -0.546. The summed E-state index contributed by atoms with van der Waals surface area (Å²) in [5, 5.41) is 20.4. The van der Waals surface area contributed by atoms with Gasteiger partial charge < -0.3 is 15.7 Å². The van der Waals surface area contributed by atoms with Crippen LogP contribution in [-0.2, 0) is 0 Å². The van der Waals surface area contributed by atoms with Gasteiger partial charge in [0.2, 0.25) is 0 Å². The zero-order chi connectivity index (χ0) is 15.7. The third-order valence-corrected chi connectivity index (χ3v) is 2.84. The minimum absolute atomic E-state index is 0.0233. The van der Waals surface area contributed by atoms with Crippen LogP contribution in [0.5, 0.6) is 0 Å². The van der Waals surface area contributed by atoms with Crippen molar-refractivity contribution in [3.8, 4) is 0 Å². The number of halogens is 1. The van der Waals surface area contributed by atoms with E-state index >= 15 is 0 Å². The van der Waals surface area contributed by atoms with Crippen molar-refractivity contribution in [3.63, 3.8) is 0 Å². The summed E-state index contributed by atoms with van der Waals surface area (Å²) in [6.07, 6.45) is 0. The van der Waals surface area contributed by atoms with E-state index in [9.17, 15) is 20.0 Å². The summed E-state index contributed by atoms with van der Waals surface area (Å²) < 4.78 is 0. The molecule has 0 aliphatic carbocycles. The number of likely N-dealkylation sites (N-methyl/N-ethyl adjacent to an activating group) is 1. The first-order valence-electron chi connectivity index (χ1n) is 5.74. The number of hydrogen-bond acceptors (Lipinski definition) is 5. The molecule has 0 radical (unpaired) electrons. The highest BCUT2D eigenvalue weighted by molar-refractivity contribution is 6.34. The number of benzene rings is 1. The molecule has 0 atom stereocenters. The molecule has 1 aromatic rings. The second kappa shape index (κ2) is 5.64. The molecule has 1 aromatic carbocycles. The number of nitrogens with zero attached hydrogens (tertiary/aromatic N) is 2. The van der Waals surface area contributed by atoms with E-state index < -0.39 is 16.4 Å². The number of nitrogen functional groups attached to an aromatic ring is 1. The Morgan fingerprint density at radius 2 is 2.10 bits per heavy atom. The zero-order valence-electron chi connectivity index (χ0n) is 11.4. The van der Waals surface area contributed by atoms with E-state index in [1.165, 1.54) is 11.9 Å². The van der Waals surface area contributed by atoms with E-state index in [2.05, 4.69) is 0 Å². The van der Waals surface area contributed by atoms with Gasteiger partial charge in [-0.3, -0.25) is 14.9 Å². The van der Waals surface area contributed by atoms with Crippen LogP contribution in [0.15, 0.2) is 12.1 Å². The van der Waals surface area contributed by atoms with Crippen LogP contribution in [0, 0.1) is 10.1 Å². The number of rotatable bonds is 4. The Bertz CT molecular complexity index is 554. The number of nitrogens with two attached hydrogens (primary N) is 1. The number of hydrogen-bond donors (Lipinski definition) is 2. The van der Waals surface area contributed by atoms with E-state index in [1.807, 2.05) is 0 Å². The molecule has 0 aromatic heterocycles. The van der Waals surface area contributed by atoms with Gasteiger partial charge >= 0.3 is 0 Å². The fourth-order valence-electron chi connectivity index (χ4n) is 1.74. The standard InChI is InChI=1S/C12H16ClN3O4/c1-12(2,18)6-15(3)11(17)8-4-7(16(19)20)5-9(13)10(8)14/h4-5,18H,6,14H2,1-3H3. The van der Waals surface area contributed by atoms with Gasteiger partial charge in [-0.15, -0.1) is 0 Å². The first kappa shape index (κ1) is 16.2. The maximum absolute atomic E-state index is 12.2. The summed E-state index contributed by atoms with van der Waals surface area (Å²) in [6.45, 7) is 3.13. The summed E-state index contributed by atoms with van der Waals surface area (Å²) >= 11 is 5.80. The Morgan fingerprint density at radius 3 is 2.55 bits per heavy atom. The average molecular weight is 302 g/mol. The molecule has 8 heteroatoms. The van der Waals surface area contributed by atoms with Gasteiger partial charge in [-0.2, -0.15) is 0 Å². The predicted molar refractivity (Wildman–Crippen MR) is 75.8 cm³/mol. The van der Waals surface area contributed by atoms with Crippen LogP contribution >= 0.6 is 11.6 Å². The molecular weight excluding hydrogens is 286 g/mol. The Labute approximate surface area is 121 Å². The molecule has 0 aliphatic heterocycles. The SMILES string of the molecule is CN(CC(C)(C)O)C(=O)c1cc([N+](=O)[O-])cc(Cl)c1N. The number of anilines is 1. The lowest BCUT2D eigenvalue weighted by atomic mass is 10.1. The molecule has 3 N–H and O–H groups in total. The quantitative estimate of drug-likeness (QED) is 0.499. The molecule has 0 saturated carbocycles. The summed E-state index contributed by atoms with van der Waals surface area (Å²) in [5.41, 5.74) is 4.20. The van der Waals surface area contributed by atoms with Crippen LogP contribution in [-0.4, -0.2) is 40.0 Å². The van der Waals surface area contributed by atoms with Crippen LogP contribution in [0.1, 0.15) is 24.2 Å². The van der Waals surface area contributed by atoms with Gasteiger partial charge in [0.05, 0.1) is 26.8 Å². The number of nitro groups is 1. The van der Waals surface area contributed by atoms with Crippen molar-refractivity contribution in [2.45, 2.75) is 19.4 Å². The predicted octanol–water partition coefficient (Wildman–Crippen LogP) is 1.67. The lowest BCUT2D eigenvalue weighted by molar-refractivity contribution is -0.384. The molecule has 20 heavy (non-hydrogen) atoms. The maximum atomic E-state index is 12.2. The molecule has 1 rings (SSSR count). The largest absolute Gasteiger partial charge is 0.397 e. The summed E-state index contributed by atoms with van der Waals surface area (Å²) in [6, 6.07) is 2.16. The van der Waals surface area contributed by atoms with Gasteiger partial charge in [0.15, 0.2) is 0 Å². The third-order valence-electron chi connectivity index (χ3n) is 2.53. The minimum Gasteiger partial charge on any atom is -0.397 e. The number of aliphatic hydroxyl groups is 1. The lowest BCUT2D eigenvalue weighted by Crippen LogP contribution is -2.40. The summed E-state index contributed by atoms with van der Waals surface area (Å²) in [7, 11) is 1.46. The zero-order valence-corrected chi connectivity index (χ0v) is 12.1. The molecule has 0 fully saturated rings. The van der Waals surface area contributed by atoms with Crippen molar-refractivity contribution >= 4 is 28.9 Å². The Morgan fingerprint density at radius 1 is 1.55 bits per heavy atom. The second-order valence-corrected chi connectivity index (χ2v) is 5.53. The first-order chi connectivity index (χ1) is 9.03. The van der Waals surface area contributed by atoms with Crippen LogP contribution in [0.3, 0.4) is 0 Å². The van der Waals surface area contributed by atoms with Crippen LogP contribution in [0.2, 0.25) is 5.02 Å². The Balaban J connectivity index is 3.18. The number of nitro benzene ring substituents is 1. The summed E-state index contributed by atoms with van der Waals surface area (Å²) in [4.78, 5) is 23.6. The Hall–Kier alpha value is -1.86. The van der Waals surface area contributed by atoms with Crippen LogP contribution in [0.4, 0.5) is 11.4 Å². The smallest absolute Gasteiger partial charge is 0.271 e. The second-order valence-electron chi connectivity index (χ2n) is 5.12. The van der Waals surface area contributed by atoms with Gasteiger partial charge in [-0.1, -0.05) is 11.6 Å². The maximum Gasteiger partial charge on any atom is 0.271 e. The molecule has 0 aliphatic rings. The van der Waals surface area contributed by atoms with Crippen molar-refractivity contribution in [3.05, 3.63) is 32.8 Å². The number of carbonyl (C=O) groups excluding carboxylic acids is 1. The molecular formula is C12H16ClN3O4. The topological polar surface area (TPSA) is 110 Å². The molecule has 0 heterocycles. The van der Waals surface area contributed by atoms with Crippen molar-refractivity contribution in [1.29, 1.82) is 0 Å². The highest BCUT2D eigenvalue weighted by Crippen LogP contribution is 2.29. The molecule has 0 unspecified atom stereocenters. The fourth-order valence-corrected chi connectivity index (χ4v) is 1.96. The van der Waals surface area contributed by atoms with E-state index in [-0.39, 0.29) is 28.5 Å². The van der Waals surface area contributed by atoms with Crippen molar-refractivity contribution in [1.82, 2.24) is 4.90 Å². The van der Waals surface area contributed by atoms with E-state index in [4.69, 9.17) is 17.3 Å². The minimum atomic E-state index is -1.09. The van der Waals surface area contributed by atoms with Gasteiger partial charge in [-0.05, 0) is 13.8 Å². The van der Waals surface area contributed by atoms with Crippen molar-refractivity contribution < 1.29 is 14.8 Å². The molecule has 110 valence electrons. The third kappa shape index (κ3) is 3.82. The highest BCUT2D eigenvalue weighted by atomic mass is 35.5. The van der Waals surface area contributed by atoms with E-state index in [0.717, 1.165) is 12.1 Å². The van der Waals surface area contributed by atoms with E-state index in [0.29, 0.717) is 0 Å². The average Bonchev–Trinajstić information content (AvgIpc) is 2.29. The van der Waals surface area contributed by atoms with Gasteiger partial charge in [0.25, 0.3) is 11.6 Å². The van der Waals surface area contributed by atoms with E-state index in [1.54, 1.807) is 13.8 Å². The Kier molecular flexibility index (Phi) is 4.57. The van der Waals surface area contributed by atoms with Crippen molar-refractivity contribution in [2.24, 2.45) is 0 Å². The first-order valence-corrected chi connectivity index (χ1v) is 6.12. The fraction of sp³-hybridized carbons (Fsp3) is 0.417. The number of amides is 1. The highest BCUT2D eigenvalue weighted by Gasteiger charge is 2.24. The molecule has 7 nitrogen and oxygen atoms in total. The molecule has 0 spiro atoms. The van der Waals surface area contributed by atoms with Gasteiger partial charge in [0.1, 0.15) is 0 Å². The van der Waals surface area contributed by atoms with Gasteiger partial charge in [0, 0.05) is 25.7 Å². The van der Waals surface area contributed by atoms with Gasteiger partial charge in [-0.25, -0.2) is 0 Å². The molecule has 0 saturated heterocycles. The lowest BCUT2D eigenvalue weighted by Gasteiger charge is -2.26. The number of carbonyl (C=O) groups is 1. The molecule has 0 bridgehead atoms. The van der Waals surface area contributed by atoms with Crippen molar-refractivity contribution in [2.75, 3.05) is 19.3 Å². The monoisotopic (exact) mass is 301 g/mol. The normalized spacial score (nSPS) is 11.2. The molecule has 1 amide bonds. The van der Waals surface area contributed by atoms with Crippen LogP contribution < -0.4 is 5.73 Å². The van der Waals surface area contributed by atoms with Crippen LogP contribution in [0.25, 0.3) is 0 Å².